The van der Waals surface area contributed by atoms with Crippen molar-refractivity contribution in [1.82, 2.24) is 9.97 Å². The zero-order valence-corrected chi connectivity index (χ0v) is 15.9. The highest BCUT2D eigenvalue weighted by atomic mass is 35.5. The number of thioether (sulfide) groups is 1. The van der Waals surface area contributed by atoms with E-state index < -0.39 is 0 Å². The van der Waals surface area contributed by atoms with Crippen molar-refractivity contribution in [2.45, 2.75) is 5.03 Å². The Balaban J connectivity index is 1.66. The van der Waals surface area contributed by atoms with Crippen LogP contribution in [0.2, 0.25) is 5.02 Å². The van der Waals surface area contributed by atoms with Gasteiger partial charge < -0.3 is 0 Å². The molecule has 0 fully saturated rings. The molecule has 0 unspecified atom stereocenters. The van der Waals surface area contributed by atoms with Crippen molar-refractivity contribution in [3.05, 3.63) is 76.9 Å². The molecule has 0 aliphatic rings. The number of carbonyl (C=O) groups is 1. The molecule has 0 saturated heterocycles. The van der Waals surface area contributed by atoms with Gasteiger partial charge >= 0.3 is 0 Å². The molecule has 0 amide bonds. The van der Waals surface area contributed by atoms with Crippen LogP contribution in [0, 0.1) is 0 Å². The minimum Gasteiger partial charge on any atom is -0.293 e. The Morgan fingerprint density at radius 2 is 1.81 bits per heavy atom. The Bertz CT molecular complexity index is 1060. The van der Waals surface area contributed by atoms with E-state index in [0.717, 1.165) is 26.4 Å². The lowest BCUT2D eigenvalue weighted by atomic mass is 10.1. The van der Waals surface area contributed by atoms with Gasteiger partial charge in [-0.15, -0.1) is 11.3 Å². The molecule has 0 radical (unpaired) electrons. The Hall–Kier alpha value is -2.21. The molecule has 4 aromatic rings. The number of nitrogens with zero attached hydrogens (tertiary/aromatic N) is 2. The molecule has 0 N–H and O–H groups in total. The molecule has 0 saturated carbocycles. The Morgan fingerprint density at radius 3 is 2.58 bits per heavy atom. The number of rotatable bonds is 5. The van der Waals surface area contributed by atoms with Crippen molar-refractivity contribution in [3.8, 4) is 11.1 Å². The third-order valence-electron chi connectivity index (χ3n) is 3.93. The van der Waals surface area contributed by atoms with E-state index in [0.29, 0.717) is 16.3 Å². The van der Waals surface area contributed by atoms with Crippen LogP contribution in [0.25, 0.3) is 21.3 Å². The van der Waals surface area contributed by atoms with Crippen LogP contribution < -0.4 is 0 Å². The Kier molecular flexibility index (Phi) is 5.02. The standard InChI is InChI=1S/C20H13ClN2OS2/c21-15-8-6-13(7-9-15)16-10-25-19-18(16)20(23-12-22-19)26-11-17(24)14-4-2-1-3-5-14/h1-10,12H,11H2. The van der Waals surface area contributed by atoms with Crippen molar-refractivity contribution in [1.29, 1.82) is 0 Å². The number of thiophene rings is 1. The van der Waals surface area contributed by atoms with Crippen LogP contribution in [0.3, 0.4) is 0 Å². The van der Waals surface area contributed by atoms with Gasteiger partial charge in [-0.2, -0.15) is 0 Å². The van der Waals surface area contributed by atoms with E-state index in [9.17, 15) is 4.79 Å². The molecular weight excluding hydrogens is 384 g/mol. The van der Waals surface area contributed by atoms with Crippen LogP contribution in [0.15, 0.2) is 71.3 Å². The van der Waals surface area contributed by atoms with Crippen LogP contribution in [0.1, 0.15) is 10.4 Å². The average Bonchev–Trinajstić information content (AvgIpc) is 3.12. The summed E-state index contributed by atoms with van der Waals surface area (Å²) in [5.41, 5.74) is 2.84. The normalized spacial score (nSPS) is 11.0. The van der Waals surface area contributed by atoms with Crippen LogP contribution in [0.5, 0.6) is 0 Å². The number of benzene rings is 2. The van der Waals surface area contributed by atoms with Gasteiger partial charge in [0, 0.05) is 21.5 Å². The number of fused-ring (bicyclic) bond motifs is 1. The van der Waals surface area contributed by atoms with E-state index in [-0.39, 0.29) is 5.78 Å². The predicted octanol–water partition coefficient (Wildman–Crippen LogP) is 5.99. The lowest BCUT2D eigenvalue weighted by molar-refractivity contribution is 0.102. The number of halogens is 1. The first-order valence-electron chi connectivity index (χ1n) is 7.91. The average molecular weight is 397 g/mol. The fourth-order valence-corrected chi connectivity index (χ4v) is 4.65. The molecule has 0 atom stereocenters. The van der Waals surface area contributed by atoms with Crippen molar-refractivity contribution in [3.63, 3.8) is 0 Å². The molecule has 0 spiro atoms. The third-order valence-corrected chi connectivity index (χ3v) is 6.05. The minimum absolute atomic E-state index is 0.0886. The SMILES string of the molecule is O=C(CSc1ncnc2scc(-c3ccc(Cl)cc3)c12)c1ccccc1. The lowest BCUT2D eigenvalue weighted by Crippen LogP contribution is -2.02. The van der Waals surface area contributed by atoms with Crippen LogP contribution >= 0.6 is 34.7 Å². The summed E-state index contributed by atoms with van der Waals surface area (Å²) >= 11 is 9.03. The lowest BCUT2D eigenvalue weighted by Gasteiger charge is -2.05. The molecule has 2 heterocycles. The maximum absolute atomic E-state index is 12.4. The summed E-state index contributed by atoms with van der Waals surface area (Å²) < 4.78 is 0. The quantitative estimate of drug-likeness (QED) is 0.236. The molecule has 26 heavy (non-hydrogen) atoms. The first-order valence-corrected chi connectivity index (χ1v) is 10.2. The summed E-state index contributed by atoms with van der Waals surface area (Å²) in [7, 11) is 0. The summed E-state index contributed by atoms with van der Waals surface area (Å²) in [4.78, 5) is 22.1. The van der Waals surface area contributed by atoms with E-state index in [2.05, 4.69) is 15.3 Å². The zero-order valence-electron chi connectivity index (χ0n) is 13.6. The third kappa shape index (κ3) is 3.51. The highest BCUT2D eigenvalue weighted by Gasteiger charge is 2.15. The summed E-state index contributed by atoms with van der Waals surface area (Å²) in [6, 6.07) is 17.0. The summed E-state index contributed by atoms with van der Waals surface area (Å²) in [5, 5.41) is 4.59. The highest BCUT2D eigenvalue weighted by Crippen LogP contribution is 2.38. The van der Waals surface area contributed by atoms with Gasteiger partial charge in [0.25, 0.3) is 0 Å². The minimum atomic E-state index is 0.0886. The highest BCUT2D eigenvalue weighted by molar-refractivity contribution is 8.00. The van der Waals surface area contributed by atoms with Gasteiger partial charge in [-0.05, 0) is 17.7 Å². The van der Waals surface area contributed by atoms with Crippen LogP contribution in [-0.2, 0) is 0 Å². The fourth-order valence-electron chi connectivity index (χ4n) is 2.64. The molecular formula is C20H13ClN2OS2. The zero-order chi connectivity index (χ0) is 17.9. The molecule has 4 rings (SSSR count). The van der Waals surface area contributed by atoms with Crippen LogP contribution in [0.4, 0.5) is 0 Å². The summed E-state index contributed by atoms with van der Waals surface area (Å²) in [6.07, 6.45) is 1.56. The molecule has 0 aliphatic carbocycles. The van der Waals surface area contributed by atoms with Crippen LogP contribution in [-0.4, -0.2) is 21.5 Å². The maximum Gasteiger partial charge on any atom is 0.173 e. The maximum atomic E-state index is 12.4. The largest absolute Gasteiger partial charge is 0.293 e. The molecule has 0 aliphatic heterocycles. The topological polar surface area (TPSA) is 42.9 Å². The Labute approximate surface area is 164 Å². The second-order valence-electron chi connectivity index (χ2n) is 5.59. The number of aromatic nitrogens is 2. The molecule has 3 nitrogen and oxygen atoms in total. The number of ketones is 1. The smallest absolute Gasteiger partial charge is 0.173 e. The molecule has 2 aromatic heterocycles. The first kappa shape index (κ1) is 17.2. The first-order chi connectivity index (χ1) is 12.7. The molecule has 6 heteroatoms. The monoisotopic (exact) mass is 396 g/mol. The van der Waals surface area contributed by atoms with E-state index >= 15 is 0 Å². The second kappa shape index (κ2) is 7.58. The number of hydrogen-bond donors (Lipinski definition) is 0. The second-order valence-corrected chi connectivity index (χ2v) is 7.85. The van der Waals surface area contributed by atoms with Crippen molar-refractivity contribution in [2.75, 3.05) is 5.75 Å². The molecule has 0 bridgehead atoms. The van der Waals surface area contributed by atoms with Crippen molar-refractivity contribution in [2.24, 2.45) is 0 Å². The van der Waals surface area contributed by atoms with Gasteiger partial charge in [0.2, 0.25) is 0 Å². The van der Waals surface area contributed by atoms with Crippen molar-refractivity contribution < 1.29 is 4.79 Å². The predicted molar refractivity (Wildman–Crippen MR) is 109 cm³/mol. The van der Waals surface area contributed by atoms with Gasteiger partial charge in [0.15, 0.2) is 5.78 Å². The number of carbonyl (C=O) groups excluding carboxylic acids is 1. The summed E-state index contributed by atoms with van der Waals surface area (Å²) in [5.74, 6) is 0.428. The fraction of sp³-hybridized carbons (Fsp3) is 0.0500. The van der Waals surface area contributed by atoms with E-state index in [1.54, 1.807) is 17.7 Å². The summed E-state index contributed by atoms with van der Waals surface area (Å²) in [6.45, 7) is 0. The molecule has 128 valence electrons. The van der Waals surface area contributed by atoms with Gasteiger partial charge in [0.1, 0.15) is 16.2 Å². The van der Waals surface area contributed by atoms with Gasteiger partial charge in [0.05, 0.1) is 11.1 Å². The van der Waals surface area contributed by atoms with Gasteiger partial charge in [-0.1, -0.05) is 65.8 Å². The van der Waals surface area contributed by atoms with Crippen molar-refractivity contribution >= 4 is 50.7 Å². The number of Topliss-reactive ketones (excluding diaryl/α,β-unsaturated/α-hetero) is 1. The molecule has 2 aromatic carbocycles. The number of hydrogen-bond acceptors (Lipinski definition) is 5. The van der Waals surface area contributed by atoms with E-state index in [1.165, 1.54) is 11.8 Å². The van der Waals surface area contributed by atoms with E-state index in [1.807, 2.05) is 54.6 Å². The Morgan fingerprint density at radius 1 is 1.04 bits per heavy atom. The van der Waals surface area contributed by atoms with Gasteiger partial charge in [-0.25, -0.2) is 9.97 Å². The van der Waals surface area contributed by atoms with E-state index in [4.69, 9.17) is 11.6 Å². The van der Waals surface area contributed by atoms with Gasteiger partial charge in [-0.3, -0.25) is 4.79 Å².